The van der Waals surface area contributed by atoms with Gasteiger partial charge in [0.25, 0.3) is 5.56 Å². The summed E-state index contributed by atoms with van der Waals surface area (Å²) in [6.45, 7) is -1.43. The van der Waals surface area contributed by atoms with E-state index in [-0.39, 0.29) is 15.8 Å². The van der Waals surface area contributed by atoms with Gasteiger partial charge >= 0.3 is 13.5 Å². The third-order valence-electron chi connectivity index (χ3n) is 4.20. The Hall–Kier alpha value is -1.73. The predicted octanol–water partition coefficient (Wildman–Crippen LogP) is 0.633. The number of aliphatic hydroxyl groups is 2. The molecule has 1 saturated heterocycles. The van der Waals surface area contributed by atoms with Gasteiger partial charge in [0.15, 0.2) is 13.0 Å². The maximum Gasteiger partial charge on any atom is 0.475 e. The van der Waals surface area contributed by atoms with E-state index in [2.05, 4.69) is 0 Å². The van der Waals surface area contributed by atoms with Crippen molar-refractivity contribution >= 4 is 31.0 Å². The van der Waals surface area contributed by atoms with E-state index in [1.54, 1.807) is 0 Å². The third-order valence-corrected chi connectivity index (χ3v) is 5.88. The molecule has 4 N–H and O–H groups in total. The molecule has 2 aromatic rings. The molecule has 1 aliphatic heterocycles. The monoisotopic (exact) mass is 498 g/mol. The van der Waals surface area contributed by atoms with Crippen LogP contribution in [-0.2, 0) is 18.3 Å². The summed E-state index contributed by atoms with van der Waals surface area (Å²) in [6.07, 6.45) is -4.83. The zero-order valence-electron chi connectivity index (χ0n) is 15.5. The van der Waals surface area contributed by atoms with Gasteiger partial charge < -0.3 is 24.6 Å². The van der Waals surface area contributed by atoms with Crippen LogP contribution < -0.4 is 16.0 Å². The number of ether oxygens (including phenoxy) is 2. The number of halogens is 2. The van der Waals surface area contributed by atoms with E-state index < -0.39 is 57.0 Å². The molecule has 3 rings (SSSR count). The molecule has 0 radical (unpaired) electrons. The van der Waals surface area contributed by atoms with Crippen LogP contribution in [0.5, 0.6) is 5.75 Å². The molecule has 31 heavy (non-hydrogen) atoms. The van der Waals surface area contributed by atoms with Crippen LogP contribution in [0.4, 0.5) is 0 Å². The number of benzene rings is 1. The predicted molar refractivity (Wildman–Crippen MR) is 106 cm³/mol. The summed E-state index contributed by atoms with van der Waals surface area (Å²) in [7, 11) is -4.81. The summed E-state index contributed by atoms with van der Waals surface area (Å²) in [5, 5.41) is 20.4. The van der Waals surface area contributed by atoms with Crippen molar-refractivity contribution in [2.45, 2.75) is 24.5 Å². The standard InChI is InChI=1S/C16H17Cl2N2O10P/c17-9-2-1-8(5-10(9)18)27-7-28-31(25,26)30-14-11(6-21)29-15(13(14)23)20-4-3-12(22)19-16(20)24/h1-5,11,13-15,21,23H,6-7H2,(H,25,26)(H,19,22,24)/t11-,13-,14-,15-/m1/s1. The Morgan fingerprint density at radius 3 is 2.61 bits per heavy atom. The van der Waals surface area contributed by atoms with Gasteiger partial charge in [-0.05, 0) is 12.1 Å². The Morgan fingerprint density at radius 2 is 1.97 bits per heavy atom. The van der Waals surface area contributed by atoms with E-state index in [1.807, 2.05) is 4.98 Å². The Labute approximate surface area is 184 Å². The third kappa shape index (κ3) is 5.75. The number of hydrogen-bond donors (Lipinski definition) is 4. The van der Waals surface area contributed by atoms with Crippen molar-refractivity contribution in [3.05, 3.63) is 61.3 Å². The van der Waals surface area contributed by atoms with Gasteiger partial charge in [-0.2, -0.15) is 0 Å². The number of aromatic nitrogens is 2. The van der Waals surface area contributed by atoms with E-state index in [0.29, 0.717) is 0 Å². The lowest BCUT2D eigenvalue weighted by Crippen LogP contribution is -2.38. The maximum atomic E-state index is 12.3. The van der Waals surface area contributed by atoms with E-state index in [9.17, 15) is 29.3 Å². The van der Waals surface area contributed by atoms with Gasteiger partial charge in [0.2, 0.25) is 0 Å². The van der Waals surface area contributed by atoms with Crippen molar-refractivity contribution in [3.8, 4) is 5.75 Å². The molecule has 5 atom stereocenters. The number of aromatic amines is 1. The van der Waals surface area contributed by atoms with Crippen LogP contribution >= 0.6 is 31.0 Å². The van der Waals surface area contributed by atoms with Crippen LogP contribution in [0.15, 0.2) is 40.1 Å². The summed E-state index contributed by atoms with van der Waals surface area (Å²) < 4.78 is 33.3. The highest BCUT2D eigenvalue weighted by molar-refractivity contribution is 7.47. The largest absolute Gasteiger partial charge is 0.475 e. The van der Waals surface area contributed by atoms with Gasteiger partial charge in [-0.25, -0.2) is 13.9 Å². The topological polar surface area (TPSA) is 170 Å². The Balaban J connectivity index is 1.66. The number of phosphoric acid groups is 1. The lowest BCUT2D eigenvalue weighted by Gasteiger charge is -2.22. The average molecular weight is 499 g/mol. The number of phosphoric ester groups is 1. The maximum absolute atomic E-state index is 12.3. The number of hydrogen-bond acceptors (Lipinski definition) is 9. The van der Waals surface area contributed by atoms with Crippen molar-refractivity contribution in [1.29, 1.82) is 0 Å². The normalized spacial score (nSPS) is 25.3. The molecule has 12 nitrogen and oxygen atoms in total. The molecule has 1 fully saturated rings. The Morgan fingerprint density at radius 1 is 1.23 bits per heavy atom. The molecular weight excluding hydrogens is 482 g/mol. The minimum Gasteiger partial charge on any atom is -0.467 e. The van der Waals surface area contributed by atoms with Gasteiger partial charge in [0.1, 0.15) is 24.1 Å². The fourth-order valence-corrected chi connectivity index (χ4v) is 3.87. The number of aliphatic hydroxyl groups excluding tert-OH is 2. The van der Waals surface area contributed by atoms with Crippen molar-refractivity contribution in [3.63, 3.8) is 0 Å². The van der Waals surface area contributed by atoms with Gasteiger partial charge in [-0.15, -0.1) is 0 Å². The van der Waals surface area contributed by atoms with Gasteiger partial charge in [-0.3, -0.25) is 18.9 Å². The molecule has 170 valence electrons. The van der Waals surface area contributed by atoms with Crippen LogP contribution in [0.1, 0.15) is 6.23 Å². The molecule has 0 amide bonds. The summed E-state index contributed by atoms with van der Waals surface area (Å²) in [5.74, 6) is 0.198. The van der Waals surface area contributed by atoms with Crippen LogP contribution in [-0.4, -0.2) is 56.4 Å². The van der Waals surface area contributed by atoms with E-state index in [0.717, 1.165) is 16.8 Å². The molecule has 1 aromatic carbocycles. The van der Waals surface area contributed by atoms with Crippen molar-refractivity contribution in [2.24, 2.45) is 0 Å². The highest BCUT2D eigenvalue weighted by Gasteiger charge is 2.48. The van der Waals surface area contributed by atoms with Crippen molar-refractivity contribution in [1.82, 2.24) is 9.55 Å². The molecule has 1 aliphatic rings. The van der Waals surface area contributed by atoms with E-state index in [1.165, 1.54) is 18.2 Å². The number of rotatable bonds is 8. The zero-order valence-corrected chi connectivity index (χ0v) is 17.9. The zero-order chi connectivity index (χ0) is 22.8. The SMILES string of the molecule is O=c1ccn([C@@H]2O[C@H](CO)[C@@H](OP(=O)(O)OCOc3ccc(Cl)c(Cl)c3)[C@H]2O)c(=O)[nH]1. The quantitative estimate of drug-likeness (QED) is 0.299. The summed E-state index contributed by atoms with van der Waals surface area (Å²) in [5.41, 5.74) is -1.57. The van der Waals surface area contributed by atoms with Gasteiger partial charge in [0, 0.05) is 18.3 Å². The molecule has 0 spiro atoms. The fourth-order valence-electron chi connectivity index (χ4n) is 2.77. The average Bonchev–Trinajstić information content (AvgIpc) is 2.99. The van der Waals surface area contributed by atoms with E-state index >= 15 is 0 Å². The van der Waals surface area contributed by atoms with E-state index in [4.69, 9.17) is 41.7 Å². The fraction of sp³-hybridized carbons (Fsp3) is 0.375. The van der Waals surface area contributed by atoms with Crippen LogP contribution in [0.2, 0.25) is 10.0 Å². The summed E-state index contributed by atoms with van der Waals surface area (Å²) in [6, 6.07) is 5.27. The van der Waals surface area contributed by atoms with Crippen molar-refractivity contribution < 1.29 is 38.2 Å². The van der Waals surface area contributed by atoms with Crippen LogP contribution in [0.3, 0.4) is 0 Å². The second-order valence-corrected chi connectivity index (χ2v) is 8.48. The van der Waals surface area contributed by atoms with Crippen molar-refractivity contribution in [2.75, 3.05) is 13.4 Å². The first kappa shape index (κ1) is 23.9. The first-order valence-electron chi connectivity index (χ1n) is 8.61. The number of nitrogens with one attached hydrogen (secondary N) is 1. The molecule has 0 aliphatic carbocycles. The second kappa shape index (κ2) is 9.82. The smallest absolute Gasteiger partial charge is 0.467 e. The highest BCUT2D eigenvalue weighted by Crippen LogP contribution is 2.48. The summed E-state index contributed by atoms with van der Waals surface area (Å²) in [4.78, 5) is 35.1. The molecule has 0 saturated carbocycles. The highest BCUT2D eigenvalue weighted by atomic mass is 35.5. The molecule has 1 unspecified atom stereocenters. The molecular formula is C16H17Cl2N2O10P. The van der Waals surface area contributed by atoms with Crippen LogP contribution in [0.25, 0.3) is 0 Å². The van der Waals surface area contributed by atoms with Crippen LogP contribution in [0, 0.1) is 0 Å². The molecule has 1 aromatic heterocycles. The first-order chi connectivity index (χ1) is 14.6. The lowest BCUT2D eigenvalue weighted by atomic mass is 10.1. The summed E-state index contributed by atoms with van der Waals surface area (Å²) >= 11 is 11.6. The molecule has 15 heteroatoms. The second-order valence-electron chi connectivity index (χ2n) is 6.26. The minimum atomic E-state index is -4.81. The first-order valence-corrected chi connectivity index (χ1v) is 10.9. The lowest BCUT2D eigenvalue weighted by molar-refractivity contribution is -0.0554. The van der Waals surface area contributed by atoms with Gasteiger partial charge in [0.05, 0.1) is 16.7 Å². The molecule has 0 bridgehead atoms. The Bertz CT molecular complexity index is 1090. The van der Waals surface area contributed by atoms with Gasteiger partial charge in [-0.1, -0.05) is 23.2 Å². The molecule has 2 heterocycles. The number of H-pyrrole nitrogens is 1. The minimum absolute atomic E-state index is 0.197. The number of nitrogens with zero attached hydrogens (tertiary/aromatic N) is 1. The Kier molecular flexibility index (Phi) is 7.58.